The zero-order chi connectivity index (χ0) is 13.7. The molecule has 0 radical (unpaired) electrons. The summed E-state index contributed by atoms with van der Waals surface area (Å²) in [5, 5.41) is 9.44. The molecule has 0 heterocycles. The van der Waals surface area contributed by atoms with Crippen LogP contribution in [-0.2, 0) is 6.42 Å². The fourth-order valence-corrected chi connectivity index (χ4v) is 2.43. The van der Waals surface area contributed by atoms with Crippen LogP contribution in [0.25, 0.3) is 0 Å². The van der Waals surface area contributed by atoms with Crippen molar-refractivity contribution in [3.05, 3.63) is 29.3 Å². The van der Waals surface area contributed by atoms with Gasteiger partial charge in [-0.1, -0.05) is 26.0 Å². The van der Waals surface area contributed by atoms with Crippen LogP contribution in [0.1, 0.15) is 31.0 Å². The minimum absolute atomic E-state index is 0.163. The third-order valence-corrected chi connectivity index (χ3v) is 3.40. The van der Waals surface area contributed by atoms with Crippen LogP contribution in [-0.4, -0.2) is 37.8 Å². The minimum atomic E-state index is 0.163. The van der Waals surface area contributed by atoms with Crippen LogP contribution >= 0.6 is 0 Å². The highest BCUT2D eigenvalue weighted by Gasteiger charge is 2.24. The predicted octanol–water partition coefficient (Wildman–Crippen LogP) is 2.49. The maximum atomic E-state index is 9.44. The lowest BCUT2D eigenvalue weighted by atomic mass is 9.92. The molecular weight excluding hydrogens is 226 g/mol. The Hall–Kier alpha value is -1.06. The average molecular weight is 251 g/mol. The van der Waals surface area contributed by atoms with E-state index in [0.717, 1.165) is 17.7 Å². The van der Waals surface area contributed by atoms with Crippen molar-refractivity contribution >= 4 is 0 Å². The Morgan fingerprint density at radius 3 is 2.44 bits per heavy atom. The summed E-state index contributed by atoms with van der Waals surface area (Å²) < 4.78 is 5.46. The van der Waals surface area contributed by atoms with Crippen molar-refractivity contribution in [1.82, 2.24) is 4.90 Å². The highest BCUT2D eigenvalue weighted by molar-refractivity contribution is 5.40. The lowest BCUT2D eigenvalue weighted by molar-refractivity contribution is 0.143. The summed E-state index contributed by atoms with van der Waals surface area (Å²) in [6, 6.07) is 6.47. The Balaban J connectivity index is 3.24. The molecule has 0 saturated heterocycles. The number of nitrogens with zero attached hydrogens (tertiary/aromatic N) is 1. The van der Waals surface area contributed by atoms with Gasteiger partial charge >= 0.3 is 0 Å². The van der Waals surface area contributed by atoms with Crippen molar-refractivity contribution in [3.8, 4) is 5.75 Å². The molecule has 102 valence electrons. The molecule has 3 heteroatoms. The molecule has 0 aliphatic rings. The van der Waals surface area contributed by atoms with Gasteiger partial charge in [0.25, 0.3) is 0 Å². The van der Waals surface area contributed by atoms with Crippen LogP contribution in [0.5, 0.6) is 5.75 Å². The topological polar surface area (TPSA) is 32.7 Å². The van der Waals surface area contributed by atoms with Crippen molar-refractivity contribution in [1.29, 1.82) is 0 Å². The molecule has 0 aliphatic carbocycles. The van der Waals surface area contributed by atoms with E-state index in [9.17, 15) is 5.11 Å². The van der Waals surface area contributed by atoms with Crippen LogP contribution in [0.15, 0.2) is 18.2 Å². The van der Waals surface area contributed by atoms with E-state index in [2.05, 4.69) is 30.9 Å². The number of aryl methyl sites for hydroxylation is 1. The van der Waals surface area contributed by atoms with Gasteiger partial charge in [0.1, 0.15) is 5.75 Å². The van der Waals surface area contributed by atoms with Gasteiger partial charge in [0.05, 0.1) is 7.11 Å². The van der Waals surface area contributed by atoms with Crippen LogP contribution in [0.2, 0.25) is 0 Å². The first-order valence-electron chi connectivity index (χ1n) is 6.49. The van der Waals surface area contributed by atoms with Gasteiger partial charge in [-0.15, -0.1) is 0 Å². The maximum absolute atomic E-state index is 9.44. The Morgan fingerprint density at radius 1 is 1.33 bits per heavy atom. The van der Waals surface area contributed by atoms with E-state index in [1.165, 1.54) is 5.56 Å². The molecule has 3 nitrogen and oxygen atoms in total. The molecule has 2 atom stereocenters. The molecule has 1 N–H and O–H groups in total. The van der Waals surface area contributed by atoms with Crippen molar-refractivity contribution < 1.29 is 9.84 Å². The molecule has 0 fully saturated rings. The minimum Gasteiger partial charge on any atom is -0.496 e. The van der Waals surface area contributed by atoms with Gasteiger partial charge in [-0.05, 0) is 38.1 Å². The summed E-state index contributed by atoms with van der Waals surface area (Å²) in [6.45, 7) is 4.37. The predicted molar refractivity (Wildman–Crippen MR) is 75.0 cm³/mol. The number of aliphatic hydroxyl groups excluding tert-OH is 1. The number of aliphatic hydroxyl groups is 1. The molecule has 18 heavy (non-hydrogen) atoms. The monoisotopic (exact) mass is 251 g/mol. The smallest absolute Gasteiger partial charge is 0.123 e. The number of rotatable bonds is 6. The van der Waals surface area contributed by atoms with Crippen molar-refractivity contribution in [2.75, 3.05) is 27.8 Å². The van der Waals surface area contributed by atoms with E-state index < -0.39 is 0 Å². The van der Waals surface area contributed by atoms with Gasteiger partial charge in [0.15, 0.2) is 0 Å². The van der Waals surface area contributed by atoms with Crippen molar-refractivity contribution in [2.45, 2.75) is 26.3 Å². The Morgan fingerprint density at radius 2 is 2.00 bits per heavy atom. The van der Waals surface area contributed by atoms with Gasteiger partial charge in [0.2, 0.25) is 0 Å². The third kappa shape index (κ3) is 3.24. The number of hydrogen-bond donors (Lipinski definition) is 1. The Labute approximate surface area is 110 Å². The SMILES string of the molecule is CCc1ccc(OC)c(C(C(C)CO)N(C)C)c1. The van der Waals surface area contributed by atoms with Gasteiger partial charge in [-0.3, -0.25) is 0 Å². The van der Waals surface area contributed by atoms with E-state index in [1.54, 1.807) is 7.11 Å². The maximum Gasteiger partial charge on any atom is 0.123 e. The van der Waals surface area contributed by atoms with Gasteiger partial charge in [0, 0.05) is 18.2 Å². The first-order chi connectivity index (χ1) is 8.54. The molecule has 0 spiro atoms. The van der Waals surface area contributed by atoms with E-state index in [0.29, 0.717) is 0 Å². The van der Waals surface area contributed by atoms with Crippen molar-refractivity contribution in [2.24, 2.45) is 5.92 Å². The summed E-state index contributed by atoms with van der Waals surface area (Å²) in [5.74, 6) is 1.06. The van der Waals surface area contributed by atoms with Crippen LogP contribution in [0, 0.1) is 5.92 Å². The first-order valence-corrected chi connectivity index (χ1v) is 6.49. The average Bonchev–Trinajstić information content (AvgIpc) is 2.38. The summed E-state index contributed by atoms with van der Waals surface area (Å²) in [5.41, 5.74) is 2.45. The molecule has 2 unspecified atom stereocenters. The summed E-state index contributed by atoms with van der Waals surface area (Å²) in [7, 11) is 5.77. The molecule has 0 saturated carbocycles. The second-order valence-electron chi connectivity index (χ2n) is 5.00. The number of ether oxygens (including phenoxy) is 1. The van der Waals surface area contributed by atoms with Crippen LogP contribution < -0.4 is 4.74 Å². The number of benzene rings is 1. The van der Waals surface area contributed by atoms with E-state index in [4.69, 9.17) is 4.74 Å². The van der Waals surface area contributed by atoms with Crippen molar-refractivity contribution in [3.63, 3.8) is 0 Å². The molecule has 1 aromatic rings. The molecule has 0 aromatic heterocycles. The molecule has 1 rings (SSSR count). The summed E-state index contributed by atoms with van der Waals surface area (Å²) >= 11 is 0. The molecular formula is C15H25NO2. The third-order valence-electron chi connectivity index (χ3n) is 3.40. The highest BCUT2D eigenvalue weighted by atomic mass is 16.5. The molecule has 0 amide bonds. The van der Waals surface area contributed by atoms with E-state index in [1.807, 2.05) is 20.2 Å². The zero-order valence-electron chi connectivity index (χ0n) is 12.1. The first kappa shape index (κ1) is 15.0. The molecule has 1 aromatic carbocycles. The number of methoxy groups -OCH3 is 1. The molecule has 0 bridgehead atoms. The normalized spacial score (nSPS) is 14.6. The number of hydrogen-bond acceptors (Lipinski definition) is 3. The lowest BCUT2D eigenvalue weighted by Gasteiger charge is -2.31. The summed E-state index contributed by atoms with van der Waals surface area (Å²) in [6.07, 6.45) is 1.00. The van der Waals surface area contributed by atoms with E-state index in [-0.39, 0.29) is 18.6 Å². The second kappa shape index (κ2) is 6.76. The zero-order valence-corrected chi connectivity index (χ0v) is 12.1. The summed E-state index contributed by atoms with van der Waals surface area (Å²) in [4.78, 5) is 2.14. The van der Waals surface area contributed by atoms with Gasteiger partial charge < -0.3 is 14.7 Å². The van der Waals surface area contributed by atoms with Gasteiger partial charge in [-0.25, -0.2) is 0 Å². The second-order valence-corrected chi connectivity index (χ2v) is 5.00. The van der Waals surface area contributed by atoms with Crippen LogP contribution in [0.4, 0.5) is 0 Å². The van der Waals surface area contributed by atoms with E-state index >= 15 is 0 Å². The largest absolute Gasteiger partial charge is 0.496 e. The quantitative estimate of drug-likeness (QED) is 0.843. The van der Waals surface area contributed by atoms with Crippen LogP contribution in [0.3, 0.4) is 0 Å². The Bertz CT molecular complexity index is 377. The molecule has 0 aliphatic heterocycles. The lowest BCUT2D eigenvalue weighted by Crippen LogP contribution is -2.28. The highest BCUT2D eigenvalue weighted by Crippen LogP contribution is 2.34. The standard InChI is InChI=1S/C15H25NO2/c1-6-12-7-8-14(18-5)13(9-12)15(16(3)4)11(2)10-17/h7-9,11,15,17H,6,10H2,1-5H3. The fraction of sp³-hybridized carbons (Fsp3) is 0.600. The fourth-order valence-electron chi connectivity index (χ4n) is 2.43. The Kier molecular flexibility index (Phi) is 5.63. The van der Waals surface area contributed by atoms with Gasteiger partial charge in [-0.2, -0.15) is 0 Å².